The maximum absolute atomic E-state index is 12.6. The number of piperidine rings is 1. The fourth-order valence-electron chi connectivity index (χ4n) is 3.18. The van der Waals surface area contributed by atoms with Gasteiger partial charge >= 0.3 is 18.4 Å². The van der Waals surface area contributed by atoms with Crippen molar-refractivity contribution in [3.63, 3.8) is 0 Å². The minimum absolute atomic E-state index is 0.00610. The molecule has 0 atom stereocenters. The van der Waals surface area contributed by atoms with Crippen LogP contribution in [0.4, 0.5) is 31.1 Å². The number of hydrogen-bond acceptors (Lipinski definition) is 7. The van der Waals surface area contributed by atoms with Gasteiger partial charge < -0.3 is 14.4 Å². The molecule has 0 aromatic carbocycles. The topological polar surface area (TPSA) is 91.0 Å². The molecule has 0 unspecified atom stereocenters. The Hall–Kier alpha value is -2.07. The predicted molar refractivity (Wildman–Crippen MR) is 101 cm³/mol. The largest absolute Gasteiger partial charge is 0.434 e. The summed E-state index contributed by atoms with van der Waals surface area (Å²) in [6.07, 6.45) is -11.0. The van der Waals surface area contributed by atoms with Gasteiger partial charge in [-0.15, -0.1) is 0 Å². The molecule has 3 rings (SSSR count). The third kappa shape index (κ3) is 5.64. The molecule has 0 aliphatic carbocycles. The summed E-state index contributed by atoms with van der Waals surface area (Å²) >= 11 is 1.18. The maximum atomic E-state index is 12.6. The van der Waals surface area contributed by atoms with Gasteiger partial charge in [0.05, 0.1) is 17.8 Å². The molecule has 0 aromatic heterocycles. The van der Waals surface area contributed by atoms with E-state index in [1.165, 1.54) is 24.4 Å². The van der Waals surface area contributed by atoms with Crippen molar-refractivity contribution in [3.8, 4) is 0 Å². The highest BCUT2D eigenvalue weighted by atomic mass is 32.2. The second-order valence-electron chi connectivity index (χ2n) is 7.07. The van der Waals surface area contributed by atoms with Gasteiger partial charge in [-0.05, 0) is 30.9 Å². The van der Waals surface area contributed by atoms with Crippen LogP contribution in [0.5, 0.6) is 0 Å². The lowest BCUT2D eigenvalue weighted by molar-refractivity contribution is -0.308. The highest BCUT2D eigenvalue weighted by molar-refractivity contribution is 7.96. The Morgan fingerprint density at radius 1 is 1.22 bits per heavy atom. The number of nitrogens with zero attached hydrogens (tertiary/aromatic N) is 2. The van der Waals surface area contributed by atoms with Crippen molar-refractivity contribution in [2.75, 3.05) is 19.6 Å². The second-order valence-corrected chi connectivity index (χ2v) is 9.61. The van der Waals surface area contributed by atoms with Gasteiger partial charge in [0.1, 0.15) is 4.91 Å². The van der Waals surface area contributed by atoms with E-state index in [0.29, 0.717) is 5.70 Å². The number of ether oxygens (including phenoxy) is 1. The average molecular weight is 508 g/mol. The first-order valence-electron chi connectivity index (χ1n) is 9.18. The van der Waals surface area contributed by atoms with Crippen molar-refractivity contribution in [2.45, 2.75) is 31.3 Å². The molecular formula is C16H18F6N4O4S2. The number of amides is 1. The van der Waals surface area contributed by atoms with Crippen LogP contribution in [-0.2, 0) is 14.8 Å². The number of rotatable bonds is 5. The summed E-state index contributed by atoms with van der Waals surface area (Å²) in [4.78, 5) is 12.6. The summed E-state index contributed by atoms with van der Waals surface area (Å²) in [5.74, 6) is -0.268. The van der Waals surface area contributed by atoms with Gasteiger partial charge in [-0.25, -0.2) is 17.9 Å². The normalized spacial score (nSPS) is 20.1. The SMILES string of the molecule is O=C(OC(C(F)(F)F)C(F)(F)F)N1CCC(CNS(=O)(=O)C2=CC=CN3SNC=C23)CC1. The number of alkyl halides is 6. The molecule has 32 heavy (non-hydrogen) atoms. The molecule has 3 aliphatic rings. The molecule has 0 bridgehead atoms. The second kappa shape index (κ2) is 9.05. The molecule has 8 nitrogen and oxygen atoms in total. The van der Waals surface area contributed by atoms with Crippen molar-refractivity contribution < 1.29 is 44.3 Å². The van der Waals surface area contributed by atoms with Crippen LogP contribution in [-0.4, -0.2) is 61.8 Å². The van der Waals surface area contributed by atoms with E-state index in [4.69, 9.17) is 0 Å². The van der Waals surface area contributed by atoms with E-state index in [-0.39, 0.29) is 43.3 Å². The zero-order valence-corrected chi connectivity index (χ0v) is 17.7. The molecular weight excluding hydrogens is 490 g/mol. The summed E-state index contributed by atoms with van der Waals surface area (Å²) < 4.78 is 111. The molecule has 1 saturated heterocycles. The average Bonchev–Trinajstić information content (AvgIpc) is 3.17. The molecule has 3 heterocycles. The fourth-order valence-corrected chi connectivity index (χ4v) is 5.20. The number of fused-ring (bicyclic) bond motifs is 1. The molecule has 2 N–H and O–H groups in total. The van der Waals surface area contributed by atoms with Gasteiger partial charge in [0.25, 0.3) is 6.10 Å². The van der Waals surface area contributed by atoms with Gasteiger partial charge in [0.15, 0.2) is 0 Å². The number of sulfonamides is 1. The molecule has 0 radical (unpaired) electrons. The minimum Gasteiger partial charge on any atom is -0.426 e. The number of allylic oxidation sites excluding steroid dienone is 2. The number of hydrogen-bond donors (Lipinski definition) is 2. The third-order valence-electron chi connectivity index (χ3n) is 4.84. The molecule has 3 aliphatic heterocycles. The summed E-state index contributed by atoms with van der Waals surface area (Å²) in [5.41, 5.74) is 0.437. The monoisotopic (exact) mass is 508 g/mol. The van der Waals surface area contributed by atoms with E-state index in [2.05, 4.69) is 14.2 Å². The highest BCUT2D eigenvalue weighted by Crippen LogP contribution is 2.36. The molecule has 16 heteroatoms. The van der Waals surface area contributed by atoms with Crippen LogP contribution >= 0.6 is 12.1 Å². The van der Waals surface area contributed by atoms with Crippen LogP contribution in [0.2, 0.25) is 0 Å². The summed E-state index contributed by atoms with van der Waals surface area (Å²) in [6.45, 7) is -0.342. The van der Waals surface area contributed by atoms with Gasteiger partial charge in [0, 0.05) is 32.0 Å². The van der Waals surface area contributed by atoms with E-state index in [0.717, 1.165) is 4.90 Å². The van der Waals surface area contributed by atoms with Crippen molar-refractivity contribution in [1.29, 1.82) is 0 Å². The van der Waals surface area contributed by atoms with E-state index in [1.807, 2.05) is 0 Å². The Kier molecular flexibility index (Phi) is 6.95. The Morgan fingerprint density at radius 2 is 1.84 bits per heavy atom. The molecule has 0 saturated carbocycles. The van der Waals surface area contributed by atoms with E-state index in [9.17, 15) is 39.6 Å². The first kappa shape index (κ1) is 24.6. The summed E-state index contributed by atoms with van der Waals surface area (Å²) in [6, 6.07) is 0. The number of nitrogens with one attached hydrogen (secondary N) is 2. The number of halogens is 6. The Balaban J connectivity index is 1.51. The van der Waals surface area contributed by atoms with Crippen molar-refractivity contribution in [1.82, 2.24) is 18.6 Å². The van der Waals surface area contributed by atoms with Crippen molar-refractivity contribution in [3.05, 3.63) is 35.2 Å². The van der Waals surface area contributed by atoms with E-state index in [1.54, 1.807) is 16.6 Å². The lowest BCUT2D eigenvalue weighted by Gasteiger charge is -2.33. The van der Waals surface area contributed by atoms with Crippen LogP contribution < -0.4 is 9.44 Å². The van der Waals surface area contributed by atoms with Gasteiger partial charge in [-0.2, -0.15) is 26.3 Å². The quantitative estimate of drug-likeness (QED) is 0.436. The lowest BCUT2D eigenvalue weighted by Crippen LogP contribution is -2.49. The van der Waals surface area contributed by atoms with Crippen LogP contribution in [0, 0.1) is 5.92 Å². The van der Waals surface area contributed by atoms with Crippen LogP contribution in [0.3, 0.4) is 0 Å². The molecule has 0 aromatic rings. The first-order valence-corrected chi connectivity index (χ1v) is 11.4. The standard InChI is InChI=1S/C16H18F6N4O4S2/c17-15(18,19)13(16(20,21)22)30-14(27)25-6-3-10(4-7-25)8-24-32(28,29)12-2-1-5-26-11(12)9-23-31-26/h1-2,5,9-10,13,23-24H,3-4,6-8H2. The minimum atomic E-state index is -5.79. The van der Waals surface area contributed by atoms with Crippen LogP contribution in [0.1, 0.15) is 12.8 Å². The first-order chi connectivity index (χ1) is 14.8. The van der Waals surface area contributed by atoms with Crippen LogP contribution in [0.15, 0.2) is 35.2 Å². The van der Waals surface area contributed by atoms with Gasteiger partial charge in [-0.1, -0.05) is 0 Å². The van der Waals surface area contributed by atoms with Crippen LogP contribution in [0.25, 0.3) is 0 Å². The lowest BCUT2D eigenvalue weighted by atomic mass is 9.97. The zero-order valence-electron chi connectivity index (χ0n) is 16.1. The number of carbonyl (C=O) groups excluding carboxylic acids is 1. The molecule has 0 spiro atoms. The summed E-state index contributed by atoms with van der Waals surface area (Å²) in [5, 5.41) is 0. The maximum Gasteiger partial charge on any atom is 0.434 e. The van der Waals surface area contributed by atoms with E-state index >= 15 is 0 Å². The molecule has 1 amide bonds. The van der Waals surface area contributed by atoms with E-state index < -0.39 is 34.6 Å². The zero-order chi connectivity index (χ0) is 23.7. The van der Waals surface area contributed by atoms with Crippen molar-refractivity contribution in [2.24, 2.45) is 5.92 Å². The third-order valence-corrected chi connectivity index (χ3v) is 7.05. The Bertz CT molecular complexity index is 910. The molecule has 1 fully saturated rings. The Labute approximate surface area is 183 Å². The smallest absolute Gasteiger partial charge is 0.426 e. The highest BCUT2D eigenvalue weighted by Gasteiger charge is 2.60. The number of carbonyl (C=O) groups is 1. The predicted octanol–water partition coefficient (Wildman–Crippen LogP) is 2.97. The van der Waals surface area contributed by atoms with Crippen molar-refractivity contribution >= 4 is 28.3 Å². The van der Waals surface area contributed by atoms with Gasteiger partial charge in [0.2, 0.25) is 10.0 Å². The fraction of sp³-hybridized carbons (Fsp3) is 0.562. The van der Waals surface area contributed by atoms with Gasteiger partial charge in [-0.3, -0.25) is 4.31 Å². The summed E-state index contributed by atoms with van der Waals surface area (Å²) in [7, 11) is -3.87. The Morgan fingerprint density at radius 3 is 2.44 bits per heavy atom. The number of likely N-dealkylation sites (tertiary alicyclic amines) is 1. The molecule has 180 valence electrons.